The van der Waals surface area contributed by atoms with Gasteiger partial charge in [0, 0.05) is 24.7 Å². The number of amides is 1. The largest absolute Gasteiger partial charge is 0.395 e. The van der Waals surface area contributed by atoms with Gasteiger partial charge in [0.15, 0.2) is 0 Å². The van der Waals surface area contributed by atoms with Crippen molar-refractivity contribution < 1.29 is 9.90 Å². The predicted molar refractivity (Wildman–Crippen MR) is 71.2 cm³/mol. The van der Waals surface area contributed by atoms with Crippen LogP contribution >= 0.6 is 0 Å². The number of carbonyl (C=O) groups excluding carboxylic acids is 1. The predicted octanol–water partition coefficient (Wildman–Crippen LogP) is 0.370. The average Bonchev–Trinajstić information content (AvgIpc) is 2.36. The Morgan fingerprint density at radius 3 is 2.78 bits per heavy atom. The Hall–Kier alpha value is -1.83. The fraction of sp³-hybridized carbons (Fsp3) is 0.357. The molecule has 0 atom stereocenters. The summed E-state index contributed by atoms with van der Waals surface area (Å²) in [6.45, 7) is 2.51. The van der Waals surface area contributed by atoms with Gasteiger partial charge in [0.1, 0.15) is 0 Å². The zero-order chi connectivity index (χ0) is 13.5. The molecule has 0 aliphatic rings. The van der Waals surface area contributed by atoms with Crippen molar-refractivity contribution in [2.45, 2.75) is 6.92 Å². The van der Waals surface area contributed by atoms with E-state index < -0.39 is 0 Å². The highest BCUT2D eigenvalue weighted by Crippen LogP contribution is 2.11. The van der Waals surface area contributed by atoms with E-state index in [9.17, 15) is 4.79 Å². The van der Waals surface area contributed by atoms with Crippen molar-refractivity contribution in [3.05, 3.63) is 34.9 Å². The Bertz CT molecular complexity index is 486. The summed E-state index contributed by atoms with van der Waals surface area (Å²) in [5.41, 5.74) is 7.74. The summed E-state index contributed by atoms with van der Waals surface area (Å²) in [5.74, 6) is 5.63. The standard InChI is InChI=1S/C14H18N2O2/c1-11-10-13(14(18)16(2)8-9-17)6-5-12(11)4-3-7-15/h5-6,10,17H,7-9,15H2,1-2H3. The Morgan fingerprint density at radius 2 is 2.22 bits per heavy atom. The van der Waals surface area contributed by atoms with Crippen LogP contribution in [0.15, 0.2) is 18.2 Å². The second-order valence-corrected chi connectivity index (χ2v) is 3.99. The molecule has 0 fully saturated rings. The molecule has 1 aromatic carbocycles. The lowest BCUT2D eigenvalue weighted by Crippen LogP contribution is -2.29. The van der Waals surface area contributed by atoms with Gasteiger partial charge < -0.3 is 15.7 Å². The SMILES string of the molecule is Cc1cc(C(=O)N(C)CCO)ccc1C#CCN. The molecule has 0 heterocycles. The lowest BCUT2D eigenvalue weighted by Gasteiger charge is -2.16. The van der Waals surface area contributed by atoms with Crippen LogP contribution in [0.25, 0.3) is 0 Å². The maximum Gasteiger partial charge on any atom is 0.253 e. The van der Waals surface area contributed by atoms with Crippen molar-refractivity contribution in [2.24, 2.45) is 5.73 Å². The first-order chi connectivity index (χ1) is 8.60. The highest BCUT2D eigenvalue weighted by Gasteiger charge is 2.11. The van der Waals surface area contributed by atoms with Crippen molar-refractivity contribution in [2.75, 3.05) is 26.7 Å². The van der Waals surface area contributed by atoms with Crippen LogP contribution in [0.3, 0.4) is 0 Å². The molecule has 0 unspecified atom stereocenters. The topological polar surface area (TPSA) is 66.6 Å². The van der Waals surface area contributed by atoms with Crippen molar-refractivity contribution in [3.63, 3.8) is 0 Å². The van der Waals surface area contributed by atoms with E-state index in [1.165, 1.54) is 4.90 Å². The Labute approximate surface area is 107 Å². The average molecular weight is 246 g/mol. The number of hydrogen-bond donors (Lipinski definition) is 2. The Morgan fingerprint density at radius 1 is 1.50 bits per heavy atom. The van der Waals surface area contributed by atoms with Crippen LogP contribution in [0.4, 0.5) is 0 Å². The summed E-state index contributed by atoms with van der Waals surface area (Å²) in [4.78, 5) is 13.5. The number of hydrogen-bond acceptors (Lipinski definition) is 3. The smallest absolute Gasteiger partial charge is 0.253 e. The van der Waals surface area contributed by atoms with Gasteiger partial charge in [-0.1, -0.05) is 11.8 Å². The van der Waals surface area contributed by atoms with E-state index >= 15 is 0 Å². The van der Waals surface area contributed by atoms with E-state index in [4.69, 9.17) is 10.8 Å². The maximum absolute atomic E-state index is 12.0. The molecule has 0 aliphatic heterocycles. The van der Waals surface area contributed by atoms with Gasteiger partial charge in [0.2, 0.25) is 0 Å². The molecule has 0 bridgehead atoms. The number of aliphatic hydroxyl groups excluding tert-OH is 1. The van der Waals surface area contributed by atoms with Crippen LogP contribution in [0, 0.1) is 18.8 Å². The van der Waals surface area contributed by atoms with Crippen molar-refractivity contribution >= 4 is 5.91 Å². The second-order valence-electron chi connectivity index (χ2n) is 3.99. The number of aliphatic hydroxyl groups is 1. The summed E-state index contributed by atoms with van der Waals surface area (Å²) >= 11 is 0. The van der Waals surface area contributed by atoms with Crippen LogP contribution < -0.4 is 5.73 Å². The third kappa shape index (κ3) is 3.59. The molecule has 1 amide bonds. The molecule has 1 aromatic rings. The molecule has 0 aromatic heterocycles. The van der Waals surface area contributed by atoms with Crippen LogP contribution in [-0.4, -0.2) is 42.7 Å². The minimum absolute atomic E-state index is 0.0404. The minimum Gasteiger partial charge on any atom is -0.395 e. The van der Waals surface area contributed by atoms with Gasteiger partial charge in [-0.3, -0.25) is 4.79 Å². The minimum atomic E-state index is -0.106. The van der Waals surface area contributed by atoms with E-state index in [1.54, 1.807) is 19.2 Å². The summed E-state index contributed by atoms with van der Waals surface area (Å²) in [6.07, 6.45) is 0. The molecule has 4 heteroatoms. The fourth-order valence-electron chi connectivity index (χ4n) is 1.56. The molecule has 0 spiro atoms. The van der Waals surface area contributed by atoms with Gasteiger partial charge in [-0.2, -0.15) is 0 Å². The van der Waals surface area contributed by atoms with E-state index in [1.807, 2.05) is 13.0 Å². The quantitative estimate of drug-likeness (QED) is 0.757. The van der Waals surface area contributed by atoms with E-state index in [2.05, 4.69) is 11.8 Å². The molecule has 3 N–H and O–H groups in total. The molecule has 0 saturated carbocycles. The first-order valence-electron chi connectivity index (χ1n) is 5.76. The summed E-state index contributed by atoms with van der Waals surface area (Å²) in [5, 5.41) is 8.80. The summed E-state index contributed by atoms with van der Waals surface area (Å²) < 4.78 is 0. The van der Waals surface area contributed by atoms with Gasteiger partial charge in [0.05, 0.1) is 13.2 Å². The van der Waals surface area contributed by atoms with Crippen LogP contribution in [0.5, 0.6) is 0 Å². The van der Waals surface area contributed by atoms with E-state index in [0.717, 1.165) is 11.1 Å². The third-order valence-corrected chi connectivity index (χ3v) is 2.58. The number of aryl methyl sites for hydroxylation is 1. The van der Waals surface area contributed by atoms with Crippen LogP contribution in [0.1, 0.15) is 21.5 Å². The normalized spacial score (nSPS) is 9.56. The number of nitrogens with zero attached hydrogens (tertiary/aromatic N) is 1. The van der Waals surface area contributed by atoms with E-state index in [0.29, 0.717) is 18.7 Å². The zero-order valence-corrected chi connectivity index (χ0v) is 10.7. The van der Waals surface area contributed by atoms with Gasteiger partial charge >= 0.3 is 0 Å². The third-order valence-electron chi connectivity index (χ3n) is 2.58. The molecule has 4 nitrogen and oxygen atoms in total. The first kappa shape index (κ1) is 14.2. The van der Waals surface area contributed by atoms with Gasteiger partial charge in [-0.15, -0.1) is 0 Å². The highest BCUT2D eigenvalue weighted by atomic mass is 16.3. The monoisotopic (exact) mass is 246 g/mol. The number of likely N-dealkylation sites (N-methyl/N-ethyl adjacent to an activating group) is 1. The fourth-order valence-corrected chi connectivity index (χ4v) is 1.56. The molecule has 18 heavy (non-hydrogen) atoms. The van der Waals surface area contributed by atoms with Gasteiger partial charge in [-0.05, 0) is 30.7 Å². The molecule has 1 rings (SSSR count). The molecule has 0 saturated heterocycles. The van der Waals surface area contributed by atoms with Crippen molar-refractivity contribution in [3.8, 4) is 11.8 Å². The molecule has 0 aliphatic carbocycles. The van der Waals surface area contributed by atoms with Crippen molar-refractivity contribution in [1.82, 2.24) is 4.90 Å². The number of carbonyl (C=O) groups is 1. The summed E-state index contributed by atoms with van der Waals surface area (Å²) in [6, 6.07) is 5.36. The Kier molecular flexibility index (Phi) is 5.37. The number of benzene rings is 1. The van der Waals surface area contributed by atoms with Gasteiger partial charge in [0.25, 0.3) is 5.91 Å². The maximum atomic E-state index is 12.0. The molecular weight excluding hydrogens is 228 g/mol. The molecular formula is C14H18N2O2. The molecule has 0 radical (unpaired) electrons. The number of nitrogens with two attached hydrogens (primary N) is 1. The Balaban J connectivity index is 2.93. The highest BCUT2D eigenvalue weighted by molar-refractivity contribution is 5.94. The lowest BCUT2D eigenvalue weighted by atomic mass is 10.0. The van der Waals surface area contributed by atoms with Crippen molar-refractivity contribution in [1.29, 1.82) is 0 Å². The van der Waals surface area contributed by atoms with Crippen LogP contribution in [0.2, 0.25) is 0 Å². The lowest BCUT2D eigenvalue weighted by molar-refractivity contribution is 0.0767. The molecule has 96 valence electrons. The van der Waals surface area contributed by atoms with Gasteiger partial charge in [-0.25, -0.2) is 0 Å². The first-order valence-corrected chi connectivity index (χ1v) is 5.76. The number of rotatable bonds is 3. The van der Waals surface area contributed by atoms with E-state index in [-0.39, 0.29) is 12.5 Å². The zero-order valence-electron chi connectivity index (χ0n) is 10.7. The summed E-state index contributed by atoms with van der Waals surface area (Å²) in [7, 11) is 1.66. The second kappa shape index (κ2) is 6.80. The van der Waals surface area contributed by atoms with Crippen LogP contribution in [-0.2, 0) is 0 Å².